The monoisotopic (exact) mass is 323 g/mol. The first kappa shape index (κ1) is 15.0. The number of methoxy groups -OCH3 is 1. The molecular weight excluding hydrogens is 302 g/mol. The number of para-hydroxylation sites is 2. The third kappa shape index (κ3) is 3.08. The van der Waals surface area contributed by atoms with Crippen molar-refractivity contribution in [1.82, 2.24) is 9.88 Å². The molecular formula is C19H21N3O2. The Balaban J connectivity index is 1.38. The predicted molar refractivity (Wildman–Crippen MR) is 94.5 cm³/mol. The predicted octanol–water partition coefficient (Wildman–Crippen LogP) is 3.16. The van der Waals surface area contributed by atoms with E-state index in [1.54, 1.807) is 7.11 Å². The van der Waals surface area contributed by atoms with Crippen molar-refractivity contribution in [2.75, 3.05) is 38.2 Å². The molecule has 1 aliphatic heterocycles. The largest absolute Gasteiger partial charge is 0.497 e. The molecule has 4 rings (SSSR count). The number of rotatable bonds is 4. The minimum Gasteiger partial charge on any atom is -0.497 e. The van der Waals surface area contributed by atoms with Gasteiger partial charge < -0.3 is 14.1 Å². The molecule has 124 valence electrons. The molecule has 0 saturated carbocycles. The fraction of sp³-hybridized carbons (Fsp3) is 0.316. The summed E-state index contributed by atoms with van der Waals surface area (Å²) >= 11 is 0. The summed E-state index contributed by atoms with van der Waals surface area (Å²) in [6, 6.07) is 16.2. The number of aromatic nitrogens is 1. The van der Waals surface area contributed by atoms with E-state index in [-0.39, 0.29) is 0 Å². The number of hydrogen-bond donors (Lipinski definition) is 0. The Morgan fingerprint density at radius 2 is 1.88 bits per heavy atom. The maximum absolute atomic E-state index is 5.83. The smallest absolute Gasteiger partial charge is 0.209 e. The van der Waals surface area contributed by atoms with Crippen LogP contribution in [0.3, 0.4) is 0 Å². The van der Waals surface area contributed by atoms with Crippen LogP contribution in [0.25, 0.3) is 11.1 Å². The van der Waals surface area contributed by atoms with Crippen LogP contribution in [0.5, 0.6) is 5.75 Å². The van der Waals surface area contributed by atoms with Gasteiger partial charge in [-0.05, 0) is 24.3 Å². The van der Waals surface area contributed by atoms with Crippen LogP contribution in [0.1, 0.15) is 5.89 Å². The van der Waals surface area contributed by atoms with E-state index in [4.69, 9.17) is 9.15 Å². The van der Waals surface area contributed by atoms with Crippen molar-refractivity contribution in [3.8, 4) is 5.75 Å². The first-order valence-corrected chi connectivity index (χ1v) is 8.27. The quantitative estimate of drug-likeness (QED) is 0.738. The summed E-state index contributed by atoms with van der Waals surface area (Å²) in [4.78, 5) is 9.35. The molecule has 0 spiro atoms. The highest BCUT2D eigenvalue weighted by atomic mass is 16.5. The lowest BCUT2D eigenvalue weighted by atomic mass is 10.2. The highest BCUT2D eigenvalue weighted by Crippen LogP contribution is 2.23. The lowest BCUT2D eigenvalue weighted by molar-refractivity contribution is 0.228. The van der Waals surface area contributed by atoms with Crippen LogP contribution in [0, 0.1) is 0 Å². The first-order valence-electron chi connectivity index (χ1n) is 8.27. The summed E-state index contributed by atoms with van der Waals surface area (Å²) in [5.74, 6) is 1.70. The standard InChI is InChI=1S/C19H21N3O2/c1-23-16-6-4-5-15(13-16)22-11-9-21(10-12-22)14-19-20-17-7-2-3-8-18(17)24-19/h2-8,13H,9-12,14H2,1H3. The molecule has 0 radical (unpaired) electrons. The number of ether oxygens (including phenoxy) is 1. The van der Waals surface area contributed by atoms with Gasteiger partial charge in [0, 0.05) is 37.9 Å². The van der Waals surface area contributed by atoms with Gasteiger partial charge in [0.25, 0.3) is 0 Å². The van der Waals surface area contributed by atoms with Crippen LogP contribution in [-0.4, -0.2) is 43.2 Å². The third-order valence-electron chi connectivity index (χ3n) is 4.49. The van der Waals surface area contributed by atoms with E-state index in [9.17, 15) is 0 Å². The average molecular weight is 323 g/mol. The number of benzene rings is 2. The summed E-state index contributed by atoms with van der Waals surface area (Å²) in [5, 5.41) is 0. The van der Waals surface area contributed by atoms with Crippen LogP contribution < -0.4 is 9.64 Å². The first-order chi connectivity index (χ1) is 11.8. The van der Waals surface area contributed by atoms with Gasteiger partial charge in [0.2, 0.25) is 5.89 Å². The number of oxazole rings is 1. The van der Waals surface area contributed by atoms with Crippen molar-refractivity contribution in [1.29, 1.82) is 0 Å². The Bertz CT molecular complexity index is 789. The van der Waals surface area contributed by atoms with Crippen molar-refractivity contribution in [3.63, 3.8) is 0 Å². The lowest BCUT2D eigenvalue weighted by Crippen LogP contribution is -2.46. The summed E-state index contributed by atoms with van der Waals surface area (Å²) in [6.07, 6.45) is 0. The molecule has 0 atom stereocenters. The van der Waals surface area contributed by atoms with Crippen LogP contribution in [0.4, 0.5) is 5.69 Å². The number of piperazine rings is 1. The second-order valence-corrected chi connectivity index (χ2v) is 6.04. The summed E-state index contributed by atoms with van der Waals surface area (Å²) < 4.78 is 11.1. The second-order valence-electron chi connectivity index (χ2n) is 6.04. The van der Waals surface area contributed by atoms with E-state index in [0.29, 0.717) is 0 Å². The van der Waals surface area contributed by atoms with Crippen LogP contribution >= 0.6 is 0 Å². The number of hydrogen-bond acceptors (Lipinski definition) is 5. The normalized spacial score (nSPS) is 15.8. The molecule has 3 aromatic rings. The van der Waals surface area contributed by atoms with Crippen molar-refractivity contribution in [2.24, 2.45) is 0 Å². The average Bonchev–Trinajstić information content (AvgIpc) is 3.04. The van der Waals surface area contributed by atoms with Crippen LogP contribution in [0.2, 0.25) is 0 Å². The van der Waals surface area contributed by atoms with Gasteiger partial charge in [-0.3, -0.25) is 4.90 Å². The zero-order chi connectivity index (χ0) is 16.4. The van der Waals surface area contributed by atoms with Crippen LogP contribution in [-0.2, 0) is 6.54 Å². The van der Waals surface area contributed by atoms with E-state index >= 15 is 0 Å². The van der Waals surface area contributed by atoms with E-state index in [0.717, 1.165) is 55.5 Å². The van der Waals surface area contributed by atoms with E-state index in [1.165, 1.54) is 5.69 Å². The maximum Gasteiger partial charge on any atom is 0.209 e. The molecule has 2 aromatic carbocycles. The lowest BCUT2D eigenvalue weighted by Gasteiger charge is -2.35. The Kier molecular flexibility index (Phi) is 4.09. The van der Waals surface area contributed by atoms with Crippen molar-refractivity contribution < 1.29 is 9.15 Å². The fourth-order valence-corrected chi connectivity index (χ4v) is 3.15. The van der Waals surface area contributed by atoms with Crippen molar-refractivity contribution >= 4 is 16.8 Å². The van der Waals surface area contributed by atoms with Gasteiger partial charge in [0.15, 0.2) is 5.58 Å². The van der Waals surface area contributed by atoms with Gasteiger partial charge in [-0.25, -0.2) is 4.98 Å². The number of fused-ring (bicyclic) bond motifs is 1. The van der Waals surface area contributed by atoms with Crippen molar-refractivity contribution in [2.45, 2.75) is 6.54 Å². The molecule has 1 saturated heterocycles. The van der Waals surface area contributed by atoms with E-state index < -0.39 is 0 Å². The van der Waals surface area contributed by atoms with Crippen molar-refractivity contribution in [3.05, 3.63) is 54.4 Å². The van der Waals surface area contributed by atoms with Gasteiger partial charge in [-0.15, -0.1) is 0 Å². The van der Waals surface area contributed by atoms with Crippen LogP contribution in [0.15, 0.2) is 52.9 Å². The summed E-state index contributed by atoms with van der Waals surface area (Å²) in [5.41, 5.74) is 3.01. The van der Waals surface area contributed by atoms with Gasteiger partial charge in [-0.1, -0.05) is 18.2 Å². The molecule has 1 fully saturated rings. The zero-order valence-electron chi connectivity index (χ0n) is 13.8. The highest BCUT2D eigenvalue weighted by molar-refractivity contribution is 5.72. The van der Waals surface area contributed by atoms with Gasteiger partial charge in [-0.2, -0.15) is 0 Å². The Labute approximate surface area is 141 Å². The highest BCUT2D eigenvalue weighted by Gasteiger charge is 2.19. The molecule has 0 bridgehead atoms. The molecule has 1 aromatic heterocycles. The second kappa shape index (κ2) is 6.53. The van der Waals surface area contributed by atoms with Gasteiger partial charge in [0.1, 0.15) is 11.3 Å². The Morgan fingerprint density at radius 3 is 2.67 bits per heavy atom. The molecule has 0 N–H and O–H groups in total. The minimum absolute atomic E-state index is 0.765. The zero-order valence-corrected chi connectivity index (χ0v) is 13.8. The SMILES string of the molecule is COc1cccc(N2CCN(Cc3nc4ccccc4o3)CC2)c1. The summed E-state index contributed by atoms with van der Waals surface area (Å²) in [7, 11) is 1.71. The maximum atomic E-state index is 5.83. The third-order valence-corrected chi connectivity index (χ3v) is 4.49. The molecule has 0 unspecified atom stereocenters. The van der Waals surface area contributed by atoms with Gasteiger partial charge >= 0.3 is 0 Å². The molecule has 5 nitrogen and oxygen atoms in total. The fourth-order valence-electron chi connectivity index (χ4n) is 3.15. The molecule has 0 aliphatic carbocycles. The molecule has 2 heterocycles. The molecule has 5 heteroatoms. The number of anilines is 1. The topological polar surface area (TPSA) is 41.7 Å². The molecule has 1 aliphatic rings. The van der Waals surface area contributed by atoms with E-state index in [1.807, 2.05) is 36.4 Å². The molecule has 0 amide bonds. The Hall–Kier alpha value is -2.53. The Morgan fingerprint density at radius 1 is 1.04 bits per heavy atom. The summed E-state index contributed by atoms with van der Waals surface area (Å²) in [6.45, 7) is 4.74. The van der Waals surface area contributed by atoms with Gasteiger partial charge in [0.05, 0.1) is 13.7 Å². The van der Waals surface area contributed by atoms with E-state index in [2.05, 4.69) is 26.9 Å². The number of nitrogens with zero attached hydrogens (tertiary/aromatic N) is 3. The minimum atomic E-state index is 0.765. The molecule has 24 heavy (non-hydrogen) atoms.